The molecule has 0 bridgehead atoms. The number of hydrogen-bond donors (Lipinski definition) is 0. The van der Waals surface area contributed by atoms with Crippen LogP contribution >= 0.6 is 0 Å². The van der Waals surface area contributed by atoms with Crippen LogP contribution in [-0.4, -0.2) is 39.0 Å². The molecular formula is C20H19FN4O2. The van der Waals surface area contributed by atoms with Crippen LogP contribution in [0.2, 0.25) is 0 Å². The third-order valence-electron chi connectivity index (χ3n) is 4.81. The fourth-order valence-electron chi connectivity index (χ4n) is 3.36. The topological polar surface area (TPSA) is 72.1 Å². The zero-order valence-corrected chi connectivity index (χ0v) is 14.9. The van der Waals surface area contributed by atoms with Gasteiger partial charge in [-0.1, -0.05) is 11.2 Å². The zero-order valence-electron chi connectivity index (χ0n) is 14.9. The maximum atomic E-state index is 13.1. The second-order valence-corrected chi connectivity index (χ2v) is 6.72. The number of amides is 1. The number of pyridine rings is 1. The van der Waals surface area contributed by atoms with Crippen LogP contribution in [0.5, 0.6) is 0 Å². The molecule has 0 spiro atoms. The van der Waals surface area contributed by atoms with Gasteiger partial charge in [0.25, 0.3) is 5.91 Å². The van der Waals surface area contributed by atoms with Gasteiger partial charge < -0.3 is 9.42 Å². The number of benzene rings is 1. The van der Waals surface area contributed by atoms with Crippen LogP contribution in [0.15, 0.2) is 47.1 Å². The van der Waals surface area contributed by atoms with Crippen molar-refractivity contribution in [3.63, 3.8) is 0 Å². The summed E-state index contributed by atoms with van der Waals surface area (Å²) in [4.78, 5) is 23.3. The van der Waals surface area contributed by atoms with Crippen LogP contribution in [0.3, 0.4) is 0 Å². The molecule has 0 radical (unpaired) electrons. The molecular weight excluding hydrogens is 347 g/mol. The molecule has 7 heteroatoms. The van der Waals surface area contributed by atoms with Crippen LogP contribution in [0.25, 0.3) is 11.5 Å². The summed E-state index contributed by atoms with van der Waals surface area (Å²) in [6, 6.07) is 9.43. The number of rotatable bonds is 3. The van der Waals surface area contributed by atoms with E-state index in [0.29, 0.717) is 36.1 Å². The molecule has 3 aromatic rings. The average molecular weight is 366 g/mol. The summed E-state index contributed by atoms with van der Waals surface area (Å²) in [7, 11) is 0. The van der Waals surface area contributed by atoms with Gasteiger partial charge in [0.15, 0.2) is 0 Å². The van der Waals surface area contributed by atoms with Crippen molar-refractivity contribution in [2.45, 2.75) is 25.7 Å². The standard InChI is InChI=1S/C20H19FN4O2/c1-13-4-2-10-22-17(13)18-23-19(27-24-18)15-5-3-11-25(12-15)20(26)14-6-8-16(21)9-7-14/h2,4,6-10,15H,3,5,11-12H2,1H3. The van der Waals surface area contributed by atoms with E-state index in [-0.39, 0.29) is 17.6 Å². The Morgan fingerprint density at radius 3 is 2.85 bits per heavy atom. The predicted octanol–water partition coefficient (Wildman–Crippen LogP) is 3.60. The molecule has 1 aliphatic rings. The van der Waals surface area contributed by atoms with E-state index in [1.54, 1.807) is 11.1 Å². The summed E-state index contributed by atoms with van der Waals surface area (Å²) in [5.74, 6) is 0.497. The Morgan fingerprint density at radius 1 is 1.26 bits per heavy atom. The van der Waals surface area contributed by atoms with Gasteiger partial charge in [-0.05, 0) is 55.7 Å². The summed E-state index contributed by atoms with van der Waals surface area (Å²) in [6.07, 6.45) is 3.41. The minimum absolute atomic E-state index is 0.0200. The lowest BCUT2D eigenvalue weighted by Crippen LogP contribution is -2.39. The zero-order chi connectivity index (χ0) is 18.8. The SMILES string of the molecule is Cc1cccnc1-c1noc(C2CCCN(C(=O)c3ccc(F)cc3)C2)n1. The fraction of sp³-hybridized carbons (Fsp3) is 0.300. The Labute approximate surface area is 156 Å². The summed E-state index contributed by atoms with van der Waals surface area (Å²) in [6.45, 7) is 3.11. The highest BCUT2D eigenvalue weighted by molar-refractivity contribution is 5.94. The van der Waals surface area contributed by atoms with Crippen LogP contribution in [0.1, 0.15) is 40.6 Å². The molecule has 1 aliphatic heterocycles. The highest BCUT2D eigenvalue weighted by Gasteiger charge is 2.29. The second-order valence-electron chi connectivity index (χ2n) is 6.72. The number of carbonyl (C=O) groups is 1. The van der Waals surface area contributed by atoms with Crippen LogP contribution in [0.4, 0.5) is 4.39 Å². The number of halogens is 1. The first kappa shape index (κ1) is 17.3. The molecule has 4 rings (SSSR count). The van der Waals surface area contributed by atoms with Crippen molar-refractivity contribution in [1.82, 2.24) is 20.0 Å². The number of aromatic nitrogens is 3. The van der Waals surface area contributed by atoms with Gasteiger partial charge >= 0.3 is 0 Å². The van der Waals surface area contributed by atoms with Gasteiger partial charge in [-0.2, -0.15) is 4.98 Å². The van der Waals surface area contributed by atoms with Crippen LogP contribution < -0.4 is 0 Å². The quantitative estimate of drug-likeness (QED) is 0.708. The molecule has 138 valence electrons. The largest absolute Gasteiger partial charge is 0.339 e. The van der Waals surface area contributed by atoms with E-state index in [2.05, 4.69) is 15.1 Å². The number of nitrogens with zero attached hydrogens (tertiary/aromatic N) is 4. The minimum Gasteiger partial charge on any atom is -0.339 e. The van der Waals surface area contributed by atoms with Crippen molar-refractivity contribution in [3.8, 4) is 11.5 Å². The Bertz CT molecular complexity index is 955. The molecule has 0 N–H and O–H groups in total. The van der Waals surface area contributed by atoms with Gasteiger partial charge in [0.05, 0.1) is 5.92 Å². The Balaban J connectivity index is 1.51. The minimum atomic E-state index is -0.355. The number of hydrogen-bond acceptors (Lipinski definition) is 5. The molecule has 1 atom stereocenters. The highest BCUT2D eigenvalue weighted by Crippen LogP contribution is 2.28. The Morgan fingerprint density at radius 2 is 2.07 bits per heavy atom. The van der Waals surface area contributed by atoms with Crippen molar-refractivity contribution in [1.29, 1.82) is 0 Å². The third kappa shape index (κ3) is 3.58. The second kappa shape index (κ2) is 7.26. The molecule has 1 saturated heterocycles. The molecule has 2 aromatic heterocycles. The first-order valence-corrected chi connectivity index (χ1v) is 8.92. The number of carbonyl (C=O) groups excluding carboxylic acids is 1. The van der Waals surface area contributed by atoms with E-state index < -0.39 is 0 Å². The molecule has 0 aliphatic carbocycles. The van der Waals surface area contributed by atoms with E-state index in [9.17, 15) is 9.18 Å². The maximum Gasteiger partial charge on any atom is 0.253 e. The van der Waals surface area contributed by atoms with Gasteiger partial charge in [0.2, 0.25) is 11.7 Å². The van der Waals surface area contributed by atoms with E-state index in [1.165, 1.54) is 24.3 Å². The lowest BCUT2D eigenvalue weighted by Gasteiger charge is -2.31. The summed E-state index contributed by atoms with van der Waals surface area (Å²) >= 11 is 0. The summed E-state index contributed by atoms with van der Waals surface area (Å²) in [5, 5.41) is 4.07. The monoisotopic (exact) mass is 366 g/mol. The Hall–Kier alpha value is -3.09. The number of aryl methyl sites for hydroxylation is 1. The predicted molar refractivity (Wildman–Crippen MR) is 96.5 cm³/mol. The molecule has 6 nitrogen and oxygen atoms in total. The molecule has 27 heavy (non-hydrogen) atoms. The van der Waals surface area contributed by atoms with E-state index >= 15 is 0 Å². The van der Waals surface area contributed by atoms with E-state index in [1.807, 2.05) is 19.1 Å². The van der Waals surface area contributed by atoms with Crippen molar-refractivity contribution < 1.29 is 13.7 Å². The average Bonchev–Trinajstić information content (AvgIpc) is 3.18. The number of likely N-dealkylation sites (tertiary alicyclic amines) is 1. The molecule has 1 aromatic carbocycles. The molecule has 0 saturated carbocycles. The third-order valence-corrected chi connectivity index (χ3v) is 4.81. The lowest BCUT2D eigenvalue weighted by molar-refractivity contribution is 0.0695. The van der Waals surface area contributed by atoms with Crippen LogP contribution in [-0.2, 0) is 0 Å². The van der Waals surface area contributed by atoms with Crippen LogP contribution in [0, 0.1) is 12.7 Å². The molecule has 1 unspecified atom stereocenters. The van der Waals surface area contributed by atoms with Crippen molar-refractivity contribution >= 4 is 5.91 Å². The molecule has 3 heterocycles. The van der Waals surface area contributed by atoms with Gasteiger partial charge in [0, 0.05) is 24.8 Å². The van der Waals surface area contributed by atoms with Crippen molar-refractivity contribution in [2.75, 3.05) is 13.1 Å². The van der Waals surface area contributed by atoms with Gasteiger partial charge in [0.1, 0.15) is 11.5 Å². The first-order chi connectivity index (χ1) is 13.1. The molecule has 1 fully saturated rings. The lowest BCUT2D eigenvalue weighted by atomic mass is 9.97. The summed E-state index contributed by atoms with van der Waals surface area (Å²) in [5.41, 5.74) is 2.15. The van der Waals surface area contributed by atoms with E-state index in [0.717, 1.165) is 18.4 Å². The smallest absolute Gasteiger partial charge is 0.253 e. The maximum absolute atomic E-state index is 13.1. The van der Waals surface area contributed by atoms with Gasteiger partial charge in [-0.3, -0.25) is 9.78 Å². The molecule has 1 amide bonds. The fourth-order valence-corrected chi connectivity index (χ4v) is 3.36. The Kier molecular flexibility index (Phi) is 4.66. The first-order valence-electron chi connectivity index (χ1n) is 8.92. The number of piperidine rings is 1. The van der Waals surface area contributed by atoms with Gasteiger partial charge in [-0.15, -0.1) is 0 Å². The van der Waals surface area contributed by atoms with E-state index in [4.69, 9.17) is 4.52 Å². The van der Waals surface area contributed by atoms with Crippen molar-refractivity contribution in [2.24, 2.45) is 0 Å². The summed E-state index contributed by atoms with van der Waals surface area (Å²) < 4.78 is 18.6. The highest BCUT2D eigenvalue weighted by atomic mass is 19.1. The normalized spacial score (nSPS) is 17.1. The van der Waals surface area contributed by atoms with Gasteiger partial charge in [-0.25, -0.2) is 4.39 Å². The van der Waals surface area contributed by atoms with Crippen molar-refractivity contribution in [3.05, 3.63) is 65.4 Å².